The van der Waals surface area contributed by atoms with Gasteiger partial charge in [-0.1, -0.05) is 60.7 Å². The number of hydrogen-bond acceptors (Lipinski definition) is 3. The number of benzene rings is 2. The Labute approximate surface area is 123 Å². The highest BCUT2D eigenvalue weighted by Crippen LogP contribution is 2.25. The standard InChI is InChI=1S/C18H14N2O/c1-13-16(12-21)17(14-8-4-2-5-9-14)20-18(19-13)15-10-6-3-7-11-15/h2-12H,1H3. The molecular formula is C18H14N2O. The minimum Gasteiger partial charge on any atom is -0.298 e. The summed E-state index contributed by atoms with van der Waals surface area (Å²) in [5.41, 5.74) is 3.77. The van der Waals surface area contributed by atoms with E-state index in [1.165, 1.54) is 0 Å². The van der Waals surface area contributed by atoms with E-state index in [-0.39, 0.29) is 0 Å². The first kappa shape index (κ1) is 13.2. The van der Waals surface area contributed by atoms with Crippen molar-refractivity contribution in [2.45, 2.75) is 6.92 Å². The van der Waals surface area contributed by atoms with Gasteiger partial charge in [-0.3, -0.25) is 4.79 Å². The van der Waals surface area contributed by atoms with E-state index in [0.717, 1.165) is 17.4 Å². The second-order valence-corrected chi connectivity index (χ2v) is 4.74. The lowest BCUT2D eigenvalue weighted by molar-refractivity contribution is 0.112. The number of rotatable bonds is 3. The fraction of sp³-hybridized carbons (Fsp3) is 0.0556. The smallest absolute Gasteiger partial charge is 0.160 e. The van der Waals surface area contributed by atoms with Gasteiger partial charge in [-0.05, 0) is 6.92 Å². The molecule has 0 saturated heterocycles. The Kier molecular flexibility index (Phi) is 3.56. The van der Waals surface area contributed by atoms with Crippen LogP contribution in [-0.4, -0.2) is 16.3 Å². The summed E-state index contributed by atoms with van der Waals surface area (Å²) in [5, 5.41) is 0. The predicted molar refractivity (Wildman–Crippen MR) is 83.0 cm³/mol. The minimum atomic E-state index is 0.542. The van der Waals surface area contributed by atoms with E-state index >= 15 is 0 Å². The van der Waals surface area contributed by atoms with Gasteiger partial charge in [-0.2, -0.15) is 0 Å². The van der Waals surface area contributed by atoms with Crippen LogP contribution in [0.5, 0.6) is 0 Å². The van der Waals surface area contributed by atoms with E-state index in [9.17, 15) is 4.79 Å². The van der Waals surface area contributed by atoms with Gasteiger partial charge in [0.1, 0.15) is 0 Å². The van der Waals surface area contributed by atoms with Crippen molar-refractivity contribution in [2.75, 3.05) is 0 Å². The number of carbonyl (C=O) groups excluding carboxylic acids is 1. The van der Waals surface area contributed by atoms with Gasteiger partial charge in [-0.25, -0.2) is 9.97 Å². The number of hydrogen-bond donors (Lipinski definition) is 0. The molecule has 1 heterocycles. The largest absolute Gasteiger partial charge is 0.298 e. The van der Waals surface area contributed by atoms with E-state index in [2.05, 4.69) is 9.97 Å². The van der Waals surface area contributed by atoms with Crippen molar-refractivity contribution in [3.8, 4) is 22.6 Å². The molecule has 0 fully saturated rings. The van der Waals surface area contributed by atoms with E-state index in [1.54, 1.807) is 0 Å². The third-order valence-electron chi connectivity index (χ3n) is 3.33. The molecule has 0 bridgehead atoms. The maximum Gasteiger partial charge on any atom is 0.160 e. The zero-order valence-electron chi connectivity index (χ0n) is 11.7. The van der Waals surface area contributed by atoms with E-state index < -0.39 is 0 Å². The van der Waals surface area contributed by atoms with Crippen LogP contribution in [0.3, 0.4) is 0 Å². The summed E-state index contributed by atoms with van der Waals surface area (Å²) in [7, 11) is 0. The summed E-state index contributed by atoms with van der Waals surface area (Å²) < 4.78 is 0. The average molecular weight is 274 g/mol. The van der Waals surface area contributed by atoms with Crippen molar-refractivity contribution in [3.05, 3.63) is 71.9 Å². The normalized spacial score (nSPS) is 10.3. The number of aryl methyl sites for hydroxylation is 1. The Morgan fingerprint density at radius 2 is 1.38 bits per heavy atom. The van der Waals surface area contributed by atoms with Crippen LogP contribution in [0.15, 0.2) is 60.7 Å². The Morgan fingerprint density at radius 3 is 1.95 bits per heavy atom. The van der Waals surface area contributed by atoms with Gasteiger partial charge in [0.2, 0.25) is 0 Å². The lowest BCUT2D eigenvalue weighted by atomic mass is 10.0. The molecule has 1 aromatic heterocycles. The molecular weight excluding hydrogens is 260 g/mol. The zero-order valence-corrected chi connectivity index (χ0v) is 11.7. The molecule has 0 aliphatic rings. The van der Waals surface area contributed by atoms with Crippen LogP contribution in [0, 0.1) is 6.92 Å². The molecule has 0 amide bonds. The molecule has 0 saturated carbocycles. The van der Waals surface area contributed by atoms with Crippen LogP contribution in [0.4, 0.5) is 0 Å². The van der Waals surface area contributed by atoms with Crippen molar-refractivity contribution in [1.82, 2.24) is 9.97 Å². The molecule has 0 aliphatic carbocycles. The number of aromatic nitrogens is 2. The van der Waals surface area contributed by atoms with Gasteiger partial charge < -0.3 is 0 Å². The predicted octanol–water partition coefficient (Wildman–Crippen LogP) is 3.93. The maximum absolute atomic E-state index is 11.4. The molecule has 0 spiro atoms. The Hall–Kier alpha value is -2.81. The lowest BCUT2D eigenvalue weighted by Gasteiger charge is -2.10. The van der Waals surface area contributed by atoms with Gasteiger partial charge in [0, 0.05) is 11.1 Å². The summed E-state index contributed by atoms with van der Waals surface area (Å²) in [5.74, 6) is 0.637. The van der Waals surface area contributed by atoms with Crippen LogP contribution in [-0.2, 0) is 0 Å². The topological polar surface area (TPSA) is 42.9 Å². The first-order chi connectivity index (χ1) is 10.3. The molecule has 3 heteroatoms. The summed E-state index contributed by atoms with van der Waals surface area (Å²) in [6, 6.07) is 19.5. The van der Waals surface area contributed by atoms with Crippen molar-refractivity contribution in [2.24, 2.45) is 0 Å². The first-order valence-electron chi connectivity index (χ1n) is 6.74. The molecule has 0 radical (unpaired) electrons. The minimum absolute atomic E-state index is 0.542. The molecule has 0 aliphatic heterocycles. The quantitative estimate of drug-likeness (QED) is 0.679. The first-order valence-corrected chi connectivity index (χ1v) is 6.74. The molecule has 0 atom stereocenters. The Morgan fingerprint density at radius 1 is 0.810 bits per heavy atom. The molecule has 3 aromatic rings. The monoisotopic (exact) mass is 274 g/mol. The third kappa shape index (κ3) is 2.58. The fourth-order valence-electron chi connectivity index (χ4n) is 2.26. The molecule has 2 aromatic carbocycles. The van der Waals surface area contributed by atoms with Crippen molar-refractivity contribution in [3.63, 3.8) is 0 Å². The van der Waals surface area contributed by atoms with Crippen LogP contribution in [0.1, 0.15) is 16.1 Å². The SMILES string of the molecule is Cc1nc(-c2ccccc2)nc(-c2ccccc2)c1C=O. The Bertz CT molecular complexity index is 768. The second kappa shape index (κ2) is 5.67. The summed E-state index contributed by atoms with van der Waals surface area (Å²) in [4.78, 5) is 20.4. The van der Waals surface area contributed by atoms with Crippen molar-refractivity contribution >= 4 is 6.29 Å². The van der Waals surface area contributed by atoms with E-state index in [4.69, 9.17) is 0 Å². The molecule has 0 unspecified atom stereocenters. The maximum atomic E-state index is 11.4. The van der Waals surface area contributed by atoms with Gasteiger partial charge in [0.15, 0.2) is 12.1 Å². The van der Waals surface area contributed by atoms with E-state index in [0.29, 0.717) is 22.8 Å². The second-order valence-electron chi connectivity index (χ2n) is 4.74. The van der Waals surface area contributed by atoms with Gasteiger partial charge >= 0.3 is 0 Å². The summed E-state index contributed by atoms with van der Waals surface area (Å²) >= 11 is 0. The third-order valence-corrected chi connectivity index (χ3v) is 3.33. The molecule has 3 nitrogen and oxygen atoms in total. The van der Waals surface area contributed by atoms with Crippen molar-refractivity contribution in [1.29, 1.82) is 0 Å². The molecule has 21 heavy (non-hydrogen) atoms. The van der Waals surface area contributed by atoms with Crippen LogP contribution in [0.2, 0.25) is 0 Å². The summed E-state index contributed by atoms with van der Waals surface area (Å²) in [6.45, 7) is 1.84. The van der Waals surface area contributed by atoms with Crippen LogP contribution < -0.4 is 0 Å². The Balaban J connectivity index is 2.23. The van der Waals surface area contributed by atoms with Crippen LogP contribution in [0.25, 0.3) is 22.6 Å². The number of carbonyl (C=O) groups is 1. The van der Waals surface area contributed by atoms with Gasteiger partial charge in [0.25, 0.3) is 0 Å². The summed E-state index contributed by atoms with van der Waals surface area (Å²) in [6.07, 6.45) is 0.826. The number of aldehydes is 1. The van der Waals surface area contributed by atoms with E-state index in [1.807, 2.05) is 67.6 Å². The van der Waals surface area contributed by atoms with Gasteiger partial charge in [0.05, 0.1) is 17.0 Å². The molecule has 0 N–H and O–H groups in total. The zero-order chi connectivity index (χ0) is 14.7. The lowest BCUT2D eigenvalue weighted by Crippen LogP contribution is -2.02. The molecule has 102 valence electrons. The number of nitrogens with zero attached hydrogens (tertiary/aromatic N) is 2. The molecule has 3 rings (SSSR count). The van der Waals surface area contributed by atoms with Gasteiger partial charge in [-0.15, -0.1) is 0 Å². The highest BCUT2D eigenvalue weighted by atomic mass is 16.1. The highest BCUT2D eigenvalue weighted by Gasteiger charge is 2.13. The highest BCUT2D eigenvalue weighted by molar-refractivity contribution is 5.87. The van der Waals surface area contributed by atoms with Crippen molar-refractivity contribution < 1.29 is 4.79 Å². The fourth-order valence-corrected chi connectivity index (χ4v) is 2.26. The average Bonchev–Trinajstić information content (AvgIpc) is 2.55. The van der Waals surface area contributed by atoms with Crippen LogP contribution >= 0.6 is 0 Å².